The van der Waals surface area contributed by atoms with E-state index in [1.165, 1.54) is 31.4 Å². The average molecular weight is 314 g/mol. The van der Waals surface area contributed by atoms with E-state index >= 15 is 0 Å². The summed E-state index contributed by atoms with van der Waals surface area (Å²) in [6, 6.07) is 6.70. The Morgan fingerprint density at radius 2 is 1.90 bits per heavy atom. The highest BCUT2D eigenvalue weighted by atomic mass is 32.1. The van der Waals surface area contributed by atoms with Crippen molar-refractivity contribution in [2.75, 3.05) is 5.32 Å². The SMILES string of the molecule is C[C@H]1CCCC[C@@H]1NC(=S)Nc1ccc(OC(F)F)cc1. The molecule has 21 heavy (non-hydrogen) atoms. The Morgan fingerprint density at radius 1 is 1.24 bits per heavy atom. The number of anilines is 1. The van der Waals surface area contributed by atoms with Gasteiger partial charge in [0.2, 0.25) is 0 Å². The Hall–Kier alpha value is -1.43. The zero-order chi connectivity index (χ0) is 15.2. The highest BCUT2D eigenvalue weighted by Gasteiger charge is 2.21. The summed E-state index contributed by atoms with van der Waals surface area (Å²) in [5.74, 6) is 0.746. The Balaban J connectivity index is 1.84. The summed E-state index contributed by atoms with van der Waals surface area (Å²) in [5.41, 5.74) is 0.748. The van der Waals surface area contributed by atoms with E-state index in [-0.39, 0.29) is 5.75 Å². The fourth-order valence-corrected chi connectivity index (χ4v) is 2.86. The van der Waals surface area contributed by atoms with E-state index in [0.29, 0.717) is 17.1 Å². The molecule has 1 fully saturated rings. The molecule has 1 saturated carbocycles. The molecule has 1 aromatic carbocycles. The molecule has 0 radical (unpaired) electrons. The van der Waals surface area contributed by atoms with Gasteiger partial charge < -0.3 is 15.4 Å². The van der Waals surface area contributed by atoms with Crippen LogP contribution in [-0.4, -0.2) is 17.8 Å². The van der Waals surface area contributed by atoms with Crippen LogP contribution in [-0.2, 0) is 0 Å². The van der Waals surface area contributed by atoms with Crippen molar-refractivity contribution in [1.82, 2.24) is 5.32 Å². The minimum Gasteiger partial charge on any atom is -0.435 e. The maximum absolute atomic E-state index is 12.1. The fourth-order valence-electron chi connectivity index (χ4n) is 2.59. The molecule has 6 heteroatoms. The molecule has 0 amide bonds. The largest absolute Gasteiger partial charge is 0.435 e. The van der Waals surface area contributed by atoms with Gasteiger partial charge in [0, 0.05) is 11.7 Å². The molecule has 1 aliphatic carbocycles. The standard InChI is InChI=1S/C15H20F2N2OS/c1-10-4-2-3-5-13(10)19-15(21)18-11-6-8-12(9-7-11)20-14(16)17/h6-10,13-14H,2-5H2,1H3,(H2,18,19,21)/t10-,13-/m0/s1. The second kappa shape index (κ2) is 7.54. The molecule has 2 atom stereocenters. The van der Waals surface area contributed by atoms with Crippen LogP contribution in [0.25, 0.3) is 0 Å². The van der Waals surface area contributed by atoms with Gasteiger partial charge >= 0.3 is 6.61 Å². The highest BCUT2D eigenvalue weighted by Crippen LogP contribution is 2.24. The summed E-state index contributed by atoms with van der Waals surface area (Å²) < 4.78 is 28.4. The lowest BCUT2D eigenvalue weighted by molar-refractivity contribution is -0.0498. The first-order valence-corrected chi connectivity index (χ1v) is 7.58. The third-order valence-corrected chi connectivity index (χ3v) is 3.99. The second-order valence-electron chi connectivity index (χ2n) is 5.37. The van der Waals surface area contributed by atoms with Gasteiger partial charge in [-0.2, -0.15) is 8.78 Å². The number of alkyl halides is 2. The number of hydrogen-bond donors (Lipinski definition) is 2. The van der Waals surface area contributed by atoms with Gasteiger partial charge in [-0.15, -0.1) is 0 Å². The fraction of sp³-hybridized carbons (Fsp3) is 0.533. The summed E-state index contributed by atoms with van der Waals surface area (Å²) in [4.78, 5) is 0. The predicted molar refractivity (Wildman–Crippen MR) is 83.9 cm³/mol. The van der Waals surface area contributed by atoms with Gasteiger partial charge in [-0.25, -0.2) is 0 Å². The van der Waals surface area contributed by atoms with Crippen LogP contribution in [0.5, 0.6) is 5.75 Å². The van der Waals surface area contributed by atoms with E-state index in [1.807, 2.05) is 0 Å². The molecule has 3 nitrogen and oxygen atoms in total. The molecule has 0 heterocycles. The number of nitrogens with one attached hydrogen (secondary N) is 2. The number of thiocarbonyl (C=S) groups is 1. The molecule has 0 spiro atoms. The van der Waals surface area contributed by atoms with Crippen molar-refractivity contribution in [2.45, 2.75) is 45.3 Å². The van der Waals surface area contributed by atoms with Crippen molar-refractivity contribution >= 4 is 23.0 Å². The molecule has 0 bridgehead atoms. The first kappa shape index (κ1) is 15.9. The molecule has 1 aliphatic rings. The molecule has 0 saturated heterocycles. The number of hydrogen-bond acceptors (Lipinski definition) is 2. The van der Waals surface area contributed by atoms with Crippen LogP contribution >= 0.6 is 12.2 Å². The molecular weight excluding hydrogens is 294 g/mol. The van der Waals surface area contributed by atoms with Crippen LogP contribution in [0.3, 0.4) is 0 Å². The lowest BCUT2D eigenvalue weighted by Gasteiger charge is -2.30. The number of halogens is 2. The first-order chi connectivity index (χ1) is 10.0. The zero-order valence-corrected chi connectivity index (χ0v) is 12.8. The molecule has 116 valence electrons. The number of ether oxygens (including phenoxy) is 1. The molecule has 2 N–H and O–H groups in total. The minimum atomic E-state index is -2.81. The molecule has 0 aromatic heterocycles. The van der Waals surface area contributed by atoms with Gasteiger partial charge in [-0.1, -0.05) is 19.8 Å². The quantitative estimate of drug-likeness (QED) is 0.818. The van der Waals surface area contributed by atoms with Gasteiger partial charge in [0.15, 0.2) is 5.11 Å². The van der Waals surface area contributed by atoms with Crippen LogP contribution < -0.4 is 15.4 Å². The summed E-state index contributed by atoms with van der Waals surface area (Å²) in [6.45, 7) is -0.574. The lowest BCUT2D eigenvalue weighted by Crippen LogP contribution is -2.43. The van der Waals surface area contributed by atoms with Crippen LogP contribution in [0.15, 0.2) is 24.3 Å². The Bertz CT molecular complexity index is 467. The van der Waals surface area contributed by atoms with Crippen molar-refractivity contribution in [2.24, 2.45) is 5.92 Å². The van der Waals surface area contributed by atoms with Crippen LogP contribution in [0.4, 0.5) is 14.5 Å². The van der Waals surface area contributed by atoms with Gasteiger partial charge in [-0.3, -0.25) is 0 Å². The van der Waals surface area contributed by atoms with Crippen molar-refractivity contribution in [1.29, 1.82) is 0 Å². The van der Waals surface area contributed by atoms with Crippen molar-refractivity contribution < 1.29 is 13.5 Å². The second-order valence-corrected chi connectivity index (χ2v) is 5.78. The van der Waals surface area contributed by atoms with E-state index in [2.05, 4.69) is 22.3 Å². The number of benzene rings is 1. The van der Waals surface area contributed by atoms with Crippen molar-refractivity contribution in [3.05, 3.63) is 24.3 Å². The van der Waals surface area contributed by atoms with E-state index in [4.69, 9.17) is 12.2 Å². The molecular formula is C15H20F2N2OS. The van der Waals surface area contributed by atoms with E-state index < -0.39 is 6.61 Å². The van der Waals surface area contributed by atoms with Crippen LogP contribution in [0.1, 0.15) is 32.6 Å². The Kier molecular flexibility index (Phi) is 5.73. The normalized spacial score (nSPS) is 21.9. The highest BCUT2D eigenvalue weighted by molar-refractivity contribution is 7.80. The lowest BCUT2D eigenvalue weighted by atomic mass is 9.86. The maximum atomic E-state index is 12.1. The van der Waals surface area contributed by atoms with Crippen LogP contribution in [0, 0.1) is 5.92 Å². The van der Waals surface area contributed by atoms with E-state index in [1.54, 1.807) is 12.1 Å². The van der Waals surface area contributed by atoms with Crippen molar-refractivity contribution in [3.8, 4) is 5.75 Å². The third kappa shape index (κ3) is 5.12. The molecule has 0 aliphatic heterocycles. The maximum Gasteiger partial charge on any atom is 0.387 e. The predicted octanol–water partition coefficient (Wildman–Crippen LogP) is 4.15. The van der Waals surface area contributed by atoms with E-state index in [0.717, 1.165) is 12.1 Å². The summed E-state index contributed by atoms with van der Waals surface area (Å²) >= 11 is 5.30. The summed E-state index contributed by atoms with van der Waals surface area (Å²) in [5, 5.41) is 6.97. The Morgan fingerprint density at radius 3 is 2.52 bits per heavy atom. The van der Waals surface area contributed by atoms with Gasteiger partial charge in [0.25, 0.3) is 0 Å². The summed E-state index contributed by atoms with van der Waals surface area (Å²) in [7, 11) is 0. The van der Waals surface area contributed by atoms with E-state index in [9.17, 15) is 8.78 Å². The smallest absolute Gasteiger partial charge is 0.387 e. The Labute approximate surface area is 129 Å². The third-order valence-electron chi connectivity index (χ3n) is 3.77. The molecule has 2 rings (SSSR count). The average Bonchev–Trinajstić information content (AvgIpc) is 2.43. The molecule has 0 unspecified atom stereocenters. The minimum absolute atomic E-state index is 0.135. The molecule has 1 aromatic rings. The topological polar surface area (TPSA) is 33.3 Å². The zero-order valence-electron chi connectivity index (χ0n) is 11.9. The van der Waals surface area contributed by atoms with Gasteiger partial charge in [-0.05, 0) is 55.2 Å². The van der Waals surface area contributed by atoms with Crippen LogP contribution in [0.2, 0.25) is 0 Å². The summed E-state index contributed by atoms with van der Waals surface area (Å²) in [6.07, 6.45) is 4.86. The first-order valence-electron chi connectivity index (χ1n) is 7.17. The number of rotatable bonds is 4. The monoisotopic (exact) mass is 314 g/mol. The van der Waals surface area contributed by atoms with Gasteiger partial charge in [0.05, 0.1) is 0 Å². The van der Waals surface area contributed by atoms with Crippen molar-refractivity contribution in [3.63, 3.8) is 0 Å². The van der Waals surface area contributed by atoms with Gasteiger partial charge in [0.1, 0.15) is 5.75 Å².